The lowest BCUT2D eigenvalue weighted by molar-refractivity contribution is -0.136. The molecule has 3 aromatic heterocycles. The minimum Gasteiger partial charge on any atom is -0.337 e. The number of fused-ring (bicyclic) bond motifs is 1. The molecule has 0 radical (unpaired) electrons. The second-order valence-corrected chi connectivity index (χ2v) is 7.78. The fourth-order valence-electron chi connectivity index (χ4n) is 4.04. The van der Waals surface area contributed by atoms with Crippen LogP contribution in [0.2, 0.25) is 0 Å². The quantitative estimate of drug-likeness (QED) is 0.600. The van der Waals surface area contributed by atoms with Crippen LogP contribution < -0.4 is 11.2 Å². The number of aryl methyl sites for hydroxylation is 1. The van der Waals surface area contributed by atoms with Gasteiger partial charge in [-0.3, -0.25) is 23.7 Å². The van der Waals surface area contributed by atoms with E-state index in [9.17, 15) is 27.6 Å². The summed E-state index contributed by atoms with van der Waals surface area (Å²) in [5, 5.41) is -0.631. The van der Waals surface area contributed by atoms with Gasteiger partial charge in [-0.15, -0.1) is 0 Å². The number of hydrogen-bond donors (Lipinski definition) is 0. The van der Waals surface area contributed by atoms with Gasteiger partial charge in [0.05, 0.1) is 10.9 Å². The number of rotatable bonds is 2. The van der Waals surface area contributed by atoms with E-state index in [0.29, 0.717) is 36.2 Å². The first-order valence-electron chi connectivity index (χ1n) is 9.97. The van der Waals surface area contributed by atoms with Gasteiger partial charge in [-0.05, 0) is 31.0 Å². The van der Waals surface area contributed by atoms with E-state index < -0.39 is 28.4 Å². The number of hydrogen-bond acceptors (Lipinski definition) is 5. The minimum atomic E-state index is -4.80. The largest absolute Gasteiger partial charge is 0.417 e. The Balaban J connectivity index is 1.71. The van der Waals surface area contributed by atoms with Crippen LogP contribution in [0.25, 0.3) is 11.0 Å². The number of carbonyl (C=O) groups excluding carboxylic acids is 1. The Morgan fingerprint density at radius 3 is 2.38 bits per heavy atom. The van der Waals surface area contributed by atoms with E-state index in [0.717, 1.165) is 17.7 Å². The smallest absolute Gasteiger partial charge is 0.337 e. The molecular weight excluding hydrogens is 427 g/mol. The normalized spacial score (nSPS) is 15.3. The molecule has 3 aromatic rings. The van der Waals surface area contributed by atoms with E-state index in [4.69, 9.17) is 0 Å². The van der Waals surface area contributed by atoms with Crippen LogP contribution in [0.3, 0.4) is 0 Å². The molecule has 168 valence electrons. The first-order valence-corrected chi connectivity index (χ1v) is 9.97. The van der Waals surface area contributed by atoms with Crippen molar-refractivity contribution in [3.05, 3.63) is 68.3 Å². The Morgan fingerprint density at radius 1 is 1.09 bits per heavy atom. The van der Waals surface area contributed by atoms with Crippen LogP contribution in [0.5, 0.6) is 0 Å². The van der Waals surface area contributed by atoms with Gasteiger partial charge in [-0.1, -0.05) is 6.07 Å². The predicted octanol–water partition coefficient (Wildman–Crippen LogP) is 2.07. The number of carbonyl (C=O) groups is 1. The first-order chi connectivity index (χ1) is 15.1. The van der Waals surface area contributed by atoms with Crippen molar-refractivity contribution in [2.24, 2.45) is 14.1 Å². The van der Waals surface area contributed by atoms with Gasteiger partial charge >= 0.3 is 11.9 Å². The van der Waals surface area contributed by atoms with Gasteiger partial charge in [0.1, 0.15) is 11.3 Å². The maximum Gasteiger partial charge on any atom is 0.417 e. The van der Waals surface area contributed by atoms with E-state index in [2.05, 4.69) is 9.97 Å². The molecule has 0 unspecified atom stereocenters. The number of piperidine rings is 1. The second kappa shape index (κ2) is 7.88. The molecule has 4 rings (SSSR count). The molecular formula is C21H20F3N5O3. The molecule has 0 N–H and O–H groups in total. The molecule has 0 aliphatic carbocycles. The van der Waals surface area contributed by atoms with Crippen molar-refractivity contribution in [2.75, 3.05) is 13.1 Å². The molecule has 1 saturated heterocycles. The van der Waals surface area contributed by atoms with Gasteiger partial charge < -0.3 is 4.90 Å². The van der Waals surface area contributed by atoms with E-state index in [1.807, 2.05) is 0 Å². The first kappa shape index (κ1) is 21.7. The van der Waals surface area contributed by atoms with Crippen molar-refractivity contribution in [3.63, 3.8) is 0 Å². The Labute approximate surface area is 179 Å². The molecule has 0 aromatic carbocycles. The fraction of sp³-hybridized carbons (Fsp3) is 0.381. The second-order valence-electron chi connectivity index (χ2n) is 7.78. The van der Waals surface area contributed by atoms with Crippen molar-refractivity contribution in [2.45, 2.75) is 24.9 Å². The van der Waals surface area contributed by atoms with Crippen LogP contribution in [0.4, 0.5) is 13.2 Å². The lowest BCUT2D eigenvalue weighted by Crippen LogP contribution is -2.39. The van der Waals surface area contributed by atoms with Gasteiger partial charge in [0.15, 0.2) is 0 Å². The number of amides is 1. The van der Waals surface area contributed by atoms with Gasteiger partial charge in [-0.25, -0.2) is 9.78 Å². The summed E-state index contributed by atoms with van der Waals surface area (Å²) in [5.41, 5.74) is -2.74. The van der Waals surface area contributed by atoms with E-state index in [-0.39, 0.29) is 23.2 Å². The highest BCUT2D eigenvalue weighted by Crippen LogP contribution is 2.36. The summed E-state index contributed by atoms with van der Waals surface area (Å²) in [6.07, 6.45) is -2.48. The fourth-order valence-corrected chi connectivity index (χ4v) is 4.04. The molecule has 4 heterocycles. The molecule has 32 heavy (non-hydrogen) atoms. The maximum absolute atomic E-state index is 13.8. The van der Waals surface area contributed by atoms with Crippen molar-refractivity contribution in [3.8, 4) is 0 Å². The summed E-state index contributed by atoms with van der Waals surface area (Å²) in [6, 6.07) is 5.91. The van der Waals surface area contributed by atoms with Crippen LogP contribution in [0.1, 0.15) is 40.5 Å². The minimum absolute atomic E-state index is 0.151. The number of nitrogens with zero attached hydrogens (tertiary/aromatic N) is 5. The number of aromatic nitrogens is 4. The zero-order valence-corrected chi connectivity index (χ0v) is 17.4. The SMILES string of the molecule is Cn1c(=O)c2c(C(F)(F)F)cc(C3CCN(C(=O)c4ccccn4)CC3)nc2n(C)c1=O. The summed E-state index contributed by atoms with van der Waals surface area (Å²) in [7, 11) is 2.42. The number of alkyl halides is 3. The van der Waals surface area contributed by atoms with E-state index in [1.54, 1.807) is 23.1 Å². The van der Waals surface area contributed by atoms with E-state index >= 15 is 0 Å². The predicted molar refractivity (Wildman–Crippen MR) is 109 cm³/mol. The molecule has 0 spiro atoms. The Kier molecular flexibility index (Phi) is 5.35. The lowest BCUT2D eigenvalue weighted by Gasteiger charge is -2.32. The Morgan fingerprint density at radius 2 is 1.78 bits per heavy atom. The molecule has 0 bridgehead atoms. The maximum atomic E-state index is 13.8. The Hall–Kier alpha value is -3.50. The number of likely N-dealkylation sites (tertiary alicyclic amines) is 1. The third-order valence-corrected chi connectivity index (χ3v) is 5.82. The number of pyridine rings is 2. The van der Waals surface area contributed by atoms with Crippen molar-refractivity contribution >= 4 is 16.9 Å². The lowest BCUT2D eigenvalue weighted by atomic mass is 9.91. The third-order valence-electron chi connectivity index (χ3n) is 5.82. The van der Waals surface area contributed by atoms with Crippen molar-refractivity contribution in [1.29, 1.82) is 0 Å². The summed E-state index contributed by atoms with van der Waals surface area (Å²) in [5.74, 6) is -0.593. The van der Waals surface area contributed by atoms with Gasteiger partial charge in [0.2, 0.25) is 0 Å². The summed E-state index contributed by atoms with van der Waals surface area (Å²) in [4.78, 5) is 47.3. The summed E-state index contributed by atoms with van der Waals surface area (Å²) < 4.78 is 43.1. The molecule has 8 nitrogen and oxygen atoms in total. The number of halogens is 3. The van der Waals surface area contributed by atoms with Gasteiger partial charge in [0.25, 0.3) is 11.5 Å². The average Bonchev–Trinajstić information content (AvgIpc) is 2.80. The van der Waals surface area contributed by atoms with Crippen molar-refractivity contribution < 1.29 is 18.0 Å². The molecule has 1 amide bonds. The molecule has 1 fully saturated rings. The molecule has 1 aliphatic heterocycles. The van der Waals surface area contributed by atoms with Crippen LogP contribution in [-0.2, 0) is 20.3 Å². The average molecular weight is 447 g/mol. The molecule has 1 aliphatic rings. The summed E-state index contributed by atoms with van der Waals surface area (Å²) >= 11 is 0. The highest BCUT2D eigenvalue weighted by molar-refractivity contribution is 5.92. The molecule has 0 saturated carbocycles. The van der Waals surface area contributed by atoms with Gasteiger partial charge in [0, 0.05) is 45.0 Å². The topological polar surface area (TPSA) is 90.1 Å². The highest BCUT2D eigenvalue weighted by Gasteiger charge is 2.37. The van der Waals surface area contributed by atoms with E-state index in [1.165, 1.54) is 13.2 Å². The van der Waals surface area contributed by atoms with Crippen LogP contribution in [-0.4, -0.2) is 43.0 Å². The third kappa shape index (κ3) is 3.67. The zero-order valence-electron chi connectivity index (χ0n) is 17.4. The standard InChI is InChI=1S/C21H20F3N5O3/c1-27-17-16(19(31)28(2)20(27)32)13(21(22,23)24)11-15(26-17)12-6-9-29(10-7-12)18(30)14-5-3-4-8-25-14/h3-5,8,11-12H,6-7,9-10H2,1-2H3. The monoisotopic (exact) mass is 447 g/mol. The summed E-state index contributed by atoms with van der Waals surface area (Å²) in [6.45, 7) is 0.660. The van der Waals surface area contributed by atoms with Crippen molar-refractivity contribution in [1.82, 2.24) is 24.0 Å². The Bertz CT molecular complexity index is 1310. The van der Waals surface area contributed by atoms with Crippen LogP contribution in [0, 0.1) is 0 Å². The zero-order chi connectivity index (χ0) is 23.2. The highest BCUT2D eigenvalue weighted by atomic mass is 19.4. The van der Waals surface area contributed by atoms with Gasteiger partial charge in [-0.2, -0.15) is 13.2 Å². The molecule has 11 heteroatoms. The molecule has 0 atom stereocenters. The van der Waals surface area contributed by atoms with Crippen LogP contribution >= 0.6 is 0 Å². The van der Waals surface area contributed by atoms with Crippen LogP contribution in [0.15, 0.2) is 40.1 Å².